The van der Waals surface area contributed by atoms with Gasteiger partial charge in [0.2, 0.25) is 5.91 Å². The smallest absolute Gasteiger partial charge is 0.318 e. The Morgan fingerprint density at radius 1 is 1.06 bits per heavy atom. The van der Waals surface area contributed by atoms with Gasteiger partial charge in [0.05, 0.1) is 11.8 Å². The number of hydrogen-bond donors (Lipinski definition) is 1. The number of rotatable bonds is 6. The zero-order chi connectivity index (χ0) is 25.7. The van der Waals surface area contributed by atoms with Crippen molar-refractivity contribution >= 4 is 17.8 Å². The highest BCUT2D eigenvalue weighted by atomic mass is 16.5. The molecule has 2 saturated heterocycles. The number of nitrogens with zero attached hydrogens (tertiary/aromatic N) is 5. The maximum Gasteiger partial charge on any atom is 0.318 e. The molecular formula is C27H38N6O3. The molecule has 2 aliphatic heterocycles. The zero-order valence-electron chi connectivity index (χ0n) is 21.9. The molecule has 0 radical (unpaired) electrons. The molecule has 194 valence electrons. The van der Waals surface area contributed by atoms with E-state index < -0.39 is 0 Å². The number of urea groups is 1. The van der Waals surface area contributed by atoms with Crippen LogP contribution < -0.4 is 10.2 Å². The second-order valence-corrected chi connectivity index (χ2v) is 10.7. The number of anilines is 1. The van der Waals surface area contributed by atoms with Crippen molar-refractivity contribution in [2.24, 2.45) is 0 Å². The number of carbonyl (C=O) groups is 2. The number of benzene rings is 1. The van der Waals surface area contributed by atoms with Gasteiger partial charge in [-0.05, 0) is 52.7 Å². The molecule has 1 atom stereocenters. The predicted molar refractivity (Wildman–Crippen MR) is 140 cm³/mol. The van der Waals surface area contributed by atoms with Crippen LogP contribution in [0.1, 0.15) is 39.2 Å². The number of aromatic nitrogens is 2. The maximum atomic E-state index is 13.1. The standard InChI is InChI=1S/C27H38N6O3/c1-20-7-9-21(10-8-20)23-11-12-24(30-29-23)31-13-15-32(16-14-31)25(34)19-33(18-22-6-5-17-36-22)26(35)28-27(2,3)4/h7-12,22H,5-6,13-19H2,1-4H3,(H,28,35)/t22-/m0/s1. The highest BCUT2D eigenvalue weighted by Gasteiger charge is 2.29. The van der Waals surface area contributed by atoms with Gasteiger partial charge in [-0.3, -0.25) is 4.79 Å². The molecule has 1 aromatic carbocycles. The Bertz CT molecular complexity index is 1020. The highest BCUT2D eigenvalue weighted by molar-refractivity contribution is 5.84. The van der Waals surface area contributed by atoms with Crippen LogP contribution in [0.3, 0.4) is 0 Å². The van der Waals surface area contributed by atoms with Gasteiger partial charge in [0.15, 0.2) is 5.82 Å². The van der Waals surface area contributed by atoms with Crippen molar-refractivity contribution in [1.82, 2.24) is 25.3 Å². The lowest BCUT2D eigenvalue weighted by atomic mass is 10.1. The summed E-state index contributed by atoms with van der Waals surface area (Å²) in [6.45, 7) is 11.6. The summed E-state index contributed by atoms with van der Waals surface area (Å²) in [7, 11) is 0. The first-order chi connectivity index (χ1) is 17.2. The Morgan fingerprint density at radius 2 is 1.78 bits per heavy atom. The van der Waals surface area contributed by atoms with Crippen LogP contribution in [0, 0.1) is 6.92 Å². The summed E-state index contributed by atoms with van der Waals surface area (Å²) in [5.41, 5.74) is 2.71. The number of amides is 3. The minimum atomic E-state index is -0.378. The SMILES string of the molecule is Cc1ccc(-c2ccc(N3CCN(C(=O)CN(C[C@@H]4CCCO4)C(=O)NC(C)(C)C)CC3)nn2)cc1. The van der Waals surface area contributed by atoms with E-state index in [9.17, 15) is 9.59 Å². The first-order valence-corrected chi connectivity index (χ1v) is 12.8. The molecule has 0 unspecified atom stereocenters. The van der Waals surface area contributed by atoms with Gasteiger partial charge < -0.3 is 24.8 Å². The van der Waals surface area contributed by atoms with Gasteiger partial charge in [0.1, 0.15) is 6.54 Å². The highest BCUT2D eigenvalue weighted by Crippen LogP contribution is 2.20. The topological polar surface area (TPSA) is 90.9 Å². The zero-order valence-corrected chi connectivity index (χ0v) is 21.9. The van der Waals surface area contributed by atoms with E-state index in [0.29, 0.717) is 39.3 Å². The van der Waals surface area contributed by atoms with Gasteiger partial charge in [-0.1, -0.05) is 29.8 Å². The summed E-state index contributed by atoms with van der Waals surface area (Å²) in [5.74, 6) is 0.764. The summed E-state index contributed by atoms with van der Waals surface area (Å²) in [4.78, 5) is 31.6. The van der Waals surface area contributed by atoms with Crippen LogP contribution in [0.4, 0.5) is 10.6 Å². The molecule has 0 aliphatic carbocycles. The third-order valence-corrected chi connectivity index (χ3v) is 6.50. The van der Waals surface area contributed by atoms with Crippen LogP contribution in [0.25, 0.3) is 11.3 Å². The van der Waals surface area contributed by atoms with E-state index in [1.54, 1.807) is 4.90 Å². The first kappa shape index (κ1) is 25.9. The Morgan fingerprint density at radius 3 is 2.36 bits per heavy atom. The lowest BCUT2D eigenvalue weighted by molar-refractivity contribution is -0.132. The number of piperazine rings is 1. The third kappa shape index (κ3) is 6.94. The van der Waals surface area contributed by atoms with Gasteiger partial charge >= 0.3 is 6.03 Å². The van der Waals surface area contributed by atoms with Crippen molar-refractivity contribution in [2.75, 3.05) is 50.8 Å². The van der Waals surface area contributed by atoms with Crippen molar-refractivity contribution in [3.63, 3.8) is 0 Å². The van der Waals surface area contributed by atoms with Crippen molar-refractivity contribution in [3.8, 4) is 11.3 Å². The fourth-order valence-electron chi connectivity index (χ4n) is 4.47. The largest absolute Gasteiger partial charge is 0.376 e. The Hall–Kier alpha value is -3.20. The van der Waals surface area contributed by atoms with E-state index in [1.807, 2.05) is 49.9 Å². The number of aryl methyl sites for hydroxylation is 1. The summed E-state index contributed by atoms with van der Waals surface area (Å²) < 4.78 is 5.73. The molecule has 3 heterocycles. The van der Waals surface area contributed by atoms with E-state index in [0.717, 1.165) is 29.9 Å². The molecule has 3 amide bonds. The molecule has 9 nitrogen and oxygen atoms in total. The van der Waals surface area contributed by atoms with Crippen LogP contribution in [0.2, 0.25) is 0 Å². The quantitative estimate of drug-likeness (QED) is 0.664. The molecule has 2 aromatic rings. The first-order valence-electron chi connectivity index (χ1n) is 12.8. The molecule has 0 spiro atoms. The summed E-state index contributed by atoms with van der Waals surface area (Å²) in [6, 6.07) is 12.0. The molecule has 2 fully saturated rings. The molecule has 1 N–H and O–H groups in total. The van der Waals surface area contributed by atoms with E-state index >= 15 is 0 Å². The van der Waals surface area contributed by atoms with Gasteiger partial charge in [-0.2, -0.15) is 0 Å². The third-order valence-electron chi connectivity index (χ3n) is 6.50. The average Bonchev–Trinajstić information content (AvgIpc) is 3.36. The molecule has 0 saturated carbocycles. The second-order valence-electron chi connectivity index (χ2n) is 10.7. The number of carbonyl (C=O) groups excluding carboxylic acids is 2. The minimum Gasteiger partial charge on any atom is -0.376 e. The summed E-state index contributed by atoms with van der Waals surface area (Å²) in [6.07, 6.45) is 1.89. The molecule has 0 bridgehead atoms. The van der Waals surface area contributed by atoms with Crippen LogP contribution in [-0.2, 0) is 9.53 Å². The van der Waals surface area contributed by atoms with Gasteiger partial charge in [-0.25, -0.2) is 4.79 Å². The number of ether oxygens (including phenoxy) is 1. The van der Waals surface area contributed by atoms with E-state index in [1.165, 1.54) is 5.56 Å². The molecular weight excluding hydrogens is 456 g/mol. The van der Waals surface area contributed by atoms with Gasteiger partial charge in [-0.15, -0.1) is 10.2 Å². The number of hydrogen-bond acceptors (Lipinski definition) is 6. The molecule has 36 heavy (non-hydrogen) atoms. The fourth-order valence-corrected chi connectivity index (χ4v) is 4.47. The number of nitrogens with one attached hydrogen (secondary N) is 1. The predicted octanol–water partition coefficient (Wildman–Crippen LogP) is 3.09. The maximum absolute atomic E-state index is 13.1. The van der Waals surface area contributed by atoms with Crippen molar-refractivity contribution in [3.05, 3.63) is 42.0 Å². The molecule has 1 aromatic heterocycles. The van der Waals surface area contributed by atoms with Crippen LogP contribution in [0.15, 0.2) is 36.4 Å². The van der Waals surface area contributed by atoms with Crippen molar-refractivity contribution < 1.29 is 14.3 Å². The minimum absolute atomic E-state index is 0.0122. The molecule has 4 rings (SSSR count). The fraction of sp³-hybridized carbons (Fsp3) is 0.556. The molecule has 2 aliphatic rings. The monoisotopic (exact) mass is 494 g/mol. The Kier molecular flexibility index (Phi) is 8.08. The lowest BCUT2D eigenvalue weighted by Gasteiger charge is -2.37. The van der Waals surface area contributed by atoms with Gasteiger partial charge in [0.25, 0.3) is 0 Å². The molecule has 9 heteroatoms. The Balaban J connectivity index is 1.32. The summed E-state index contributed by atoms with van der Waals surface area (Å²) >= 11 is 0. The van der Waals surface area contributed by atoms with Crippen LogP contribution in [-0.4, -0.2) is 89.5 Å². The van der Waals surface area contributed by atoms with Gasteiger partial charge in [0, 0.05) is 50.4 Å². The van der Waals surface area contributed by atoms with E-state index in [4.69, 9.17) is 4.74 Å². The van der Waals surface area contributed by atoms with E-state index in [-0.39, 0.29) is 30.1 Å². The summed E-state index contributed by atoms with van der Waals surface area (Å²) in [5, 5.41) is 11.8. The van der Waals surface area contributed by atoms with E-state index in [2.05, 4.69) is 39.5 Å². The van der Waals surface area contributed by atoms with Crippen LogP contribution in [0.5, 0.6) is 0 Å². The average molecular weight is 495 g/mol. The van der Waals surface area contributed by atoms with Crippen molar-refractivity contribution in [2.45, 2.75) is 52.2 Å². The second kappa shape index (κ2) is 11.2. The van der Waals surface area contributed by atoms with Crippen molar-refractivity contribution in [1.29, 1.82) is 0 Å². The normalized spacial score (nSPS) is 18.3. The van der Waals surface area contributed by atoms with Crippen LogP contribution >= 0.6 is 0 Å². The Labute approximate surface area is 213 Å². The lowest BCUT2D eigenvalue weighted by Crippen LogP contribution is -2.55.